The molecule has 0 radical (unpaired) electrons. The topological polar surface area (TPSA) is 62.1 Å². The normalized spacial score (nSPS) is 23.2. The molecule has 0 spiro atoms. The number of nitrogens with zero attached hydrogens (tertiary/aromatic N) is 1. The summed E-state index contributed by atoms with van der Waals surface area (Å²) in [4.78, 5) is 17.9. The van der Waals surface area contributed by atoms with Crippen LogP contribution >= 0.6 is 0 Å². The van der Waals surface area contributed by atoms with Crippen molar-refractivity contribution in [2.75, 3.05) is 13.1 Å². The van der Waals surface area contributed by atoms with E-state index in [4.69, 9.17) is 5.73 Å². The molecule has 4 nitrogen and oxygen atoms in total. The average molecular weight is 271 g/mol. The lowest BCUT2D eigenvalue weighted by Gasteiger charge is -2.36. The van der Waals surface area contributed by atoms with Crippen molar-refractivity contribution in [1.82, 2.24) is 9.88 Å². The number of hydrogen-bond acceptors (Lipinski definition) is 2. The van der Waals surface area contributed by atoms with Crippen molar-refractivity contribution in [2.24, 2.45) is 11.7 Å². The van der Waals surface area contributed by atoms with Crippen molar-refractivity contribution in [1.29, 1.82) is 0 Å². The Bertz CT molecular complexity index is 619. The number of hydrogen-bond donors (Lipinski definition) is 2. The van der Waals surface area contributed by atoms with Crippen molar-refractivity contribution >= 4 is 16.8 Å². The van der Waals surface area contributed by atoms with Crippen LogP contribution in [0.1, 0.15) is 30.1 Å². The molecule has 1 aromatic carbocycles. The van der Waals surface area contributed by atoms with Gasteiger partial charge in [-0.2, -0.15) is 0 Å². The van der Waals surface area contributed by atoms with E-state index in [0.29, 0.717) is 5.92 Å². The van der Waals surface area contributed by atoms with Crippen molar-refractivity contribution in [3.8, 4) is 0 Å². The fraction of sp³-hybridized carbons (Fsp3) is 0.438. The van der Waals surface area contributed by atoms with Crippen LogP contribution in [0, 0.1) is 5.92 Å². The molecule has 1 aromatic heterocycles. The molecule has 1 aliphatic rings. The van der Waals surface area contributed by atoms with Gasteiger partial charge in [-0.3, -0.25) is 4.79 Å². The molecule has 2 aromatic rings. The second-order valence-corrected chi connectivity index (χ2v) is 5.62. The number of fused-ring (bicyclic) bond motifs is 1. The number of nitrogens with one attached hydrogen (secondary N) is 1. The fourth-order valence-corrected chi connectivity index (χ4v) is 3.10. The summed E-state index contributed by atoms with van der Waals surface area (Å²) < 4.78 is 0. The molecule has 3 rings (SSSR count). The van der Waals surface area contributed by atoms with E-state index in [-0.39, 0.29) is 11.9 Å². The largest absolute Gasteiger partial charge is 0.361 e. The maximum Gasteiger partial charge on any atom is 0.255 e. The number of rotatable bonds is 2. The molecule has 1 amide bonds. The van der Waals surface area contributed by atoms with E-state index >= 15 is 0 Å². The van der Waals surface area contributed by atoms with Gasteiger partial charge in [-0.1, -0.05) is 25.5 Å². The molecule has 0 bridgehead atoms. The first kappa shape index (κ1) is 13.2. The van der Waals surface area contributed by atoms with Crippen LogP contribution in [0.3, 0.4) is 0 Å². The number of carbonyl (C=O) groups is 1. The van der Waals surface area contributed by atoms with Gasteiger partial charge in [0.05, 0.1) is 11.1 Å². The van der Waals surface area contributed by atoms with Crippen LogP contribution in [-0.2, 0) is 0 Å². The standard InChI is InChI=1S/C16H21N3O/c1-2-11-10-19(9-7-14(11)17)16(20)13-5-3-4-12-6-8-18-15(12)13/h3-6,8,11,14,18H,2,7,9-10,17H2,1H3. The zero-order chi connectivity index (χ0) is 14.1. The van der Waals surface area contributed by atoms with Crippen LogP contribution in [0.4, 0.5) is 0 Å². The number of carbonyl (C=O) groups excluding carboxylic acids is 1. The van der Waals surface area contributed by atoms with E-state index < -0.39 is 0 Å². The van der Waals surface area contributed by atoms with Crippen LogP contribution in [0.2, 0.25) is 0 Å². The summed E-state index contributed by atoms with van der Waals surface area (Å²) in [6, 6.07) is 8.08. The smallest absolute Gasteiger partial charge is 0.255 e. The number of likely N-dealkylation sites (tertiary alicyclic amines) is 1. The Hall–Kier alpha value is -1.81. The van der Waals surface area contributed by atoms with Crippen molar-refractivity contribution in [3.05, 3.63) is 36.0 Å². The van der Waals surface area contributed by atoms with Crippen molar-refractivity contribution in [2.45, 2.75) is 25.8 Å². The number of H-pyrrole nitrogens is 1. The molecular formula is C16H21N3O. The fourth-order valence-electron chi connectivity index (χ4n) is 3.10. The second kappa shape index (κ2) is 5.29. The molecule has 0 aliphatic carbocycles. The van der Waals surface area contributed by atoms with E-state index in [1.807, 2.05) is 35.4 Å². The number of aromatic nitrogens is 1. The summed E-state index contributed by atoms with van der Waals surface area (Å²) in [5.41, 5.74) is 7.81. The summed E-state index contributed by atoms with van der Waals surface area (Å²) in [7, 11) is 0. The number of aromatic amines is 1. The SMILES string of the molecule is CCC1CN(C(=O)c2cccc3cc[nH]c23)CCC1N. The van der Waals surface area contributed by atoms with Gasteiger partial charge >= 0.3 is 0 Å². The minimum absolute atomic E-state index is 0.114. The van der Waals surface area contributed by atoms with Gasteiger partial charge in [0.25, 0.3) is 5.91 Å². The zero-order valence-electron chi connectivity index (χ0n) is 11.8. The minimum atomic E-state index is 0.114. The first-order chi connectivity index (χ1) is 9.70. The number of benzene rings is 1. The Kier molecular flexibility index (Phi) is 3.49. The number of nitrogens with two attached hydrogens (primary N) is 1. The number of para-hydroxylation sites is 1. The molecule has 2 unspecified atom stereocenters. The summed E-state index contributed by atoms with van der Waals surface area (Å²) in [6.07, 6.45) is 3.80. The Morgan fingerprint density at radius 2 is 2.30 bits per heavy atom. The van der Waals surface area contributed by atoms with Gasteiger partial charge in [0.2, 0.25) is 0 Å². The first-order valence-corrected chi connectivity index (χ1v) is 7.31. The maximum atomic E-state index is 12.7. The van der Waals surface area contributed by atoms with Crippen LogP contribution in [-0.4, -0.2) is 34.9 Å². The van der Waals surface area contributed by atoms with Crippen molar-refractivity contribution < 1.29 is 4.79 Å². The molecule has 4 heteroatoms. The van der Waals surface area contributed by atoms with Crippen LogP contribution in [0.5, 0.6) is 0 Å². The average Bonchev–Trinajstić information content (AvgIpc) is 2.95. The Labute approximate surface area is 118 Å². The quantitative estimate of drug-likeness (QED) is 0.881. The molecule has 1 saturated heterocycles. The number of amides is 1. The molecule has 2 atom stereocenters. The van der Waals surface area contributed by atoms with E-state index in [2.05, 4.69) is 11.9 Å². The molecule has 106 valence electrons. The van der Waals surface area contributed by atoms with E-state index in [9.17, 15) is 4.79 Å². The molecule has 3 N–H and O–H groups in total. The molecule has 1 aliphatic heterocycles. The second-order valence-electron chi connectivity index (χ2n) is 5.62. The van der Waals surface area contributed by atoms with Crippen LogP contribution in [0.25, 0.3) is 10.9 Å². The predicted molar refractivity (Wildman–Crippen MR) is 80.6 cm³/mol. The highest BCUT2D eigenvalue weighted by Gasteiger charge is 2.29. The first-order valence-electron chi connectivity index (χ1n) is 7.31. The molecular weight excluding hydrogens is 250 g/mol. The lowest BCUT2D eigenvalue weighted by molar-refractivity contribution is 0.0651. The highest BCUT2D eigenvalue weighted by molar-refractivity contribution is 6.05. The minimum Gasteiger partial charge on any atom is -0.361 e. The summed E-state index contributed by atoms with van der Waals surface area (Å²) in [5, 5.41) is 1.08. The third kappa shape index (κ3) is 2.20. The van der Waals surface area contributed by atoms with Gasteiger partial charge in [-0.25, -0.2) is 0 Å². The van der Waals surface area contributed by atoms with E-state index in [0.717, 1.165) is 42.4 Å². The van der Waals surface area contributed by atoms with Gasteiger partial charge in [0.1, 0.15) is 0 Å². The third-order valence-electron chi connectivity index (χ3n) is 4.42. The number of piperidine rings is 1. The van der Waals surface area contributed by atoms with E-state index in [1.54, 1.807) is 0 Å². The Balaban J connectivity index is 1.87. The van der Waals surface area contributed by atoms with Crippen LogP contribution in [0.15, 0.2) is 30.5 Å². The van der Waals surface area contributed by atoms with Crippen LogP contribution < -0.4 is 5.73 Å². The van der Waals surface area contributed by atoms with Gasteiger partial charge in [0, 0.05) is 30.7 Å². The third-order valence-corrected chi connectivity index (χ3v) is 4.42. The molecule has 2 heterocycles. The van der Waals surface area contributed by atoms with Crippen molar-refractivity contribution in [3.63, 3.8) is 0 Å². The maximum absolute atomic E-state index is 12.7. The summed E-state index contributed by atoms with van der Waals surface area (Å²) >= 11 is 0. The highest BCUT2D eigenvalue weighted by Crippen LogP contribution is 2.23. The van der Waals surface area contributed by atoms with Gasteiger partial charge in [-0.15, -0.1) is 0 Å². The predicted octanol–water partition coefficient (Wildman–Crippen LogP) is 2.37. The van der Waals surface area contributed by atoms with Gasteiger partial charge in [-0.05, 0) is 24.5 Å². The highest BCUT2D eigenvalue weighted by atomic mass is 16.2. The summed E-state index contributed by atoms with van der Waals surface area (Å²) in [5.74, 6) is 0.527. The van der Waals surface area contributed by atoms with E-state index in [1.165, 1.54) is 0 Å². The lowest BCUT2D eigenvalue weighted by atomic mass is 9.90. The Morgan fingerprint density at radius 1 is 1.45 bits per heavy atom. The van der Waals surface area contributed by atoms with Gasteiger partial charge in [0.15, 0.2) is 0 Å². The Morgan fingerprint density at radius 3 is 3.10 bits per heavy atom. The molecule has 20 heavy (non-hydrogen) atoms. The summed E-state index contributed by atoms with van der Waals surface area (Å²) in [6.45, 7) is 3.67. The molecule has 0 saturated carbocycles. The monoisotopic (exact) mass is 271 g/mol. The zero-order valence-corrected chi connectivity index (χ0v) is 11.8. The molecule has 1 fully saturated rings. The van der Waals surface area contributed by atoms with Gasteiger partial charge < -0.3 is 15.6 Å². The lowest BCUT2D eigenvalue weighted by Crippen LogP contribution is -2.49.